The van der Waals surface area contributed by atoms with Crippen LogP contribution in [0.3, 0.4) is 0 Å². The van der Waals surface area contributed by atoms with Crippen LogP contribution in [0, 0.1) is 12.7 Å². The fraction of sp³-hybridized carbons (Fsp3) is 0.133. The summed E-state index contributed by atoms with van der Waals surface area (Å²) in [6, 6.07) is 8.89. The SMILES string of the molecule is Cc1ccc(NC(=O)c2ccc(F)c(C(F)(F)F)c2)cc1. The molecule has 0 saturated heterocycles. The van der Waals surface area contributed by atoms with Crippen molar-refractivity contribution >= 4 is 11.6 Å². The van der Waals surface area contributed by atoms with Crippen LogP contribution in [0.15, 0.2) is 42.5 Å². The van der Waals surface area contributed by atoms with Gasteiger partial charge < -0.3 is 5.32 Å². The van der Waals surface area contributed by atoms with Crippen LogP contribution in [0.4, 0.5) is 23.2 Å². The summed E-state index contributed by atoms with van der Waals surface area (Å²) in [6.07, 6.45) is -4.84. The van der Waals surface area contributed by atoms with Crippen molar-refractivity contribution in [2.75, 3.05) is 5.32 Å². The Morgan fingerprint density at radius 1 is 1.05 bits per heavy atom. The largest absolute Gasteiger partial charge is 0.419 e. The normalized spacial score (nSPS) is 11.3. The van der Waals surface area contributed by atoms with Gasteiger partial charge in [0.15, 0.2) is 0 Å². The van der Waals surface area contributed by atoms with E-state index in [-0.39, 0.29) is 5.56 Å². The van der Waals surface area contributed by atoms with Crippen LogP contribution in [0.25, 0.3) is 0 Å². The second-order valence-electron chi connectivity index (χ2n) is 4.51. The van der Waals surface area contributed by atoms with Gasteiger partial charge in [0.2, 0.25) is 0 Å². The number of hydrogen-bond donors (Lipinski definition) is 1. The van der Waals surface area contributed by atoms with E-state index in [9.17, 15) is 22.4 Å². The molecule has 2 aromatic rings. The minimum absolute atomic E-state index is 0.260. The Labute approximate surface area is 118 Å². The molecule has 0 heterocycles. The van der Waals surface area contributed by atoms with E-state index in [0.717, 1.165) is 11.6 Å². The molecule has 2 rings (SSSR count). The van der Waals surface area contributed by atoms with E-state index in [1.807, 2.05) is 6.92 Å². The van der Waals surface area contributed by atoms with Crippen LogP contribution < -0.4 is 5.32 Å². The summed E-state index contributed by atoms with van der Waals surface area (Å²) in [5.74, 6) is -2.14. The second-order valence-corrected chi connectivity index (χ2v) is 4.51. The number of carbonyl (C=O) groups is 1. The van der Waals surface area contributed by atoms with Gasteiger partial charge in [0.1, 0.15) is 5.82 Å². The molecule has 0 saturated carbocycles. The Bertz CT molecular complexity index is 662. The standard InChI is InChI=1S/C15H11F4NO/c1-9-2-5-11(6-3-9)20-14(21)10-4-7-13(16)12(8-10)15(17,18)19/h2-8H,1H3,(H,20,21). The third-order valence-corrected chi connectivity index (χ3v) is 2.84. The van der Waals surface area contributed by atoms with Crippen molar-refractivity contribution in [3.05, 3.63) is 65.0 Å². The first-order valence-corrected chi connectivity index (χ1v) is 6.02. The van der Waals surface area contributed by atoms with Crippen molar-refractivity contribution in [2.45, 2.75) is 13.1 Å². The molecule has 0 spiro atoms. The highest BCUT2D eigenvalue weighted by Gasteiger charge is 2.34. The lowest BCUT2D eigenvalue weighted by Gasteiger charge is -2.10. The van der Waals surface area contributed by atoms with Crippen LogP contribution in [0.2, 0.25) is 0 Å². The Morgan fingerprint density at radius 3 is 2.24 bits per heavy atom. The number of halogens is 4. The molecule has 0 aliphatic rings. The smallest absolute Gasteiger partial charge is 0.322 e. The number of carbonyl (C=O) groups excluding carboxylic acids is 1. The average Bonchev–Trinajstić information content (AvgIpc) is 2.40. The molecular formula is C15H11F4NO. The van der Waals surface area contributed by atoms with Gasteiger partial charge in [0.25, 0.3) is 5.91 Å². The van der Waals surface area contributed by atoms with Gasteiger partial charge in [-0.3, -0.25) is 4.79 Å². The van der Waals surface area contributed by atoms with E-state index in [2.05, 4.69) is 5.32 Å². The second kappa shape index (κ2) is 5.55. The summed E-state index contributed by atoms with van der Waals surface area (Å²) in [5.41, 5.74) is -0.291. The Kier molecular flexibility index (Phi) is 3.97. The molecule has 0 unspecified atom stereocenters. The van der Waals surface area contributed by atoms with Crippen molar-refractivity contribution in [3.63, 3.8) is 0 Å². The topological polar surface area (TPSA) is 29.1 Å². The third kappa shape index (κ3) is 3.59. The lowest BCUT2D eigenvalue weighted by atomic mass is 10.1. The Morgan fingerprint density at radius 2 is 1.67 bits per heavy atom. The molecule has 1 amide bonds. The van der Waals surface area contributed by atoms with Crippen LogP contribution >= 0.6 is 0 Å². The van der Waals surface area contributed by atoms with Crippen molar-refractivity contribution in [2.24, 2.45) is 0 Å². The zero-order valence-electron chi connectivity index (χ0n) is 11.0. The van der Waals surface area contributed by atoms with Gasteiger partial charge >= 0.3 is 6.18 Å². The van der Waals surface area contributed by atoms with Crippen molar-refractivity contribution in [3.8, 4) is 0 Å². The molecule has 21 heavy (non-hydrogen) atoms. The molecule has 6 heteroatoms. The summed E-state index contributed by atoms with van der Waals surface area (Å²) in [7, 11) is 0. The predicted molar refractivity (Wildman–Crippen MR) is 70.5 cm³/mol. The molecule has 0 fully saturated rings. The number of rotatable bonds is 2. The van der Waals surface area contributed by atoms with E-state index in [1.54, 1.807) is 24.3 Å². The highest BCUT2D eigenvalue weighted by atomic mass is 19.4. The average molecular weight is 297 g/mol. The van der Waals surface area contributed by atoms with Gasteiger partial charge in [-0.25, -0.2) is 4.39 Å². The Hall–Kier alpha value is -2.37. The molecule has 0 radical (unpaired) electrons. The number of amides is 1. The first-order valence-electron chi connectivity index (χ1n) is 6.02. The number of hydrogen-bond acceptors (Lipinski definition) is 1. The first kappa shape index (κ1) is 15.0. The molecular weight excluding hydrogens is 286 g/mol. The van der Waals surface area contributed by atoms with E-state index in [4.69, 9.17) is 0 Å². The lowest BCUT2D eigenvalue weighted by molar-refractivity contribution is -0.140. The molecule has 2 nitrogen and oxygen atoms in total. The van der Waals surface area contributed by atoms with E-state index in [1.165, 1.54) is 0 Å². The number of benzene rings is 2. The van der Waals surface area contributed by atoms with Crippen molar-refractivity contribution in [1.29, 1.82) is 0 Å². The molecule has 2 aromatic carbocycles. The molecule has 0 aliphatic carbocycles. The summed E-state index contributed by atoms with van der Waals surface area (Å²) < 4.78 is 50.9. The number of alkyl halides is 3. The number of aryl methyl sites for hydroxylation is 1. The van der Waals surface area contributed by atoms with Crippen LogP contribution in [-0.4, -0.2) is 5.91 Å². The molecule has 0 bridgehead atoms. The summed E-state index contributed by atoms with van der Waals surface area (Å²) in [5, 5.41) is 2.45. The third-order valence-electron chi connectivity index (χ3n) is 2.84. The van der Waals surface area contributed by atoms with E-state index in [0.29, 0.717) is 17.8 Å². The van der Waals surface area contributed by atoms with Crippen molar-refractivity contribution in [1.82, 2.24) is 0 Å². The van der Waals surface area contributed by atoms with Crippen molar-refractivity contribution < 1.29 is 22.4 Å². The number of nitrogens with one attached hydrogen (secondary N) is 1. The summed E-state index contributed by atoms with van der Waals surface area (Å²) in [4.78, 5) is 11.9. The zero-order valence-corrected chi connectivity index (χ0v) is 11.0. The molecule has 1 N–H and O–H groups in total. The predicted octanol–water partition coefficient (Wildman–Crippen LogP) is 4.41. The first-order chi connectivity index (χ1) is 9.77. The minimum Gasteiger partial charge on any atom is -0.322 e. The fourth-order valence-electron chi connectivity index (χ4n) is 1.72. The van der Waals surface area contributed by atoms with E-state index >= 15 is 0 Å². The number of anilines is 1. The monoisotopic (exact) mass is 297 g/mol. The Balaban J connectivity index is 2.25. The van der Waals surface area contributed by atoms with Crippen LogP contribution in [0.1, 0.15) is 21.5 Å². The van der Waals surface area contributed by atoms with Gasteiger partial charge in [0, 0.05) is 11.3 Å². The molecule has 110 valence electrons. The van der Waals surface area contributed by atoms with E-state index < -0.39 is 23.5 Å². The molecule has 0 aliphatic heterocycles. The summed E-state index contributed by atoms with van der Waals surface area (Å²) >= 11 is 0. The summed E-state index contributed by atoms with van der Waals surface area (Å²) in [6.45, 7) is 1.86. The zero-order chi connectivity index (χ0) is 15.6. The van der Waals surface area contributed by atoms with Crippen LogP contribution in [-0.2, 0) is 6.18 Å². The van der Waals surface area contributed by atoms with Gasteiger partial charge in [-0.05, 0) is 37.3 Å². The highest BCUT2D eigenvalue weighted by molar-refractivity contribution is 6.04. The van der Waals surface area contributed by atoms with Gasteiger partial charge in [-0.15, -0.1) is 0 Å². The molecule has 0 aromatic heterocycles. The van der Waals surface area contributed by atoms with Crippen LogP contribution in [0.5, 0.6) is 0 Å². The maximum absolute atomic E-state index is 13.1. The quantitative estimate of drug-likeness (QED) is 0.818. The van der Waals surface area contributed by atoms with Gasteiger partial charge in [0.05, 0.1) is 5.56 Å². The minimum atomic E-state index is -4.84. The maximum atomic E-state index is 13.1. The molecule has 0 atom stereocenters. The maximum Gasteiger partial charge on any atom is 0.419 e. The fourth-order valence-corrected chi connectivity index (χ4v) is 1.72. The lowest BCUT2D eigenvalue weighted by Crippen LogP contribution is -2.15. The van der Waals surface area contributed by atoms with Gasteiger partial charge in [-0.2, -0.15) is 13.2 Å². The highest BCUT2D eigenvalue weighted by Crippen LogP contribution is 2.32. The van der Waals surface area contributed by atoms with Gasteiger partial charge in [-0.1, -0.05) is 17.7 Å².